The first-order valence-electron chi connectivity index (χ1n) is 5.35. The van der Waals surface area contributed by atoms with Crippen molar-refractivity contribution >= 4 is 23.1 Å². The normalized spacial score (nSPS) is 10.4. The molecule has 94 valence electrons. The van der Waals surface area contributed by atoms with E-state index in [0.717, 1.165) is 11.3 Å². The van der Waals surface area contributed by atoms with E-state index in [1.165, 1.54) is 18.2 Å². The number of amidine groups is 1. The molecule has 3 nitrogen and oxygen atoms in total. The van der Waals surface area contributed by atoms with Crippen LogP contribution in [-0.2, 0) is 0 Å². The van der Waals surface area contributed by atoms with Crippen LogP contribution in [0.1, 0.15) is 17.1 Å². The van der Waals surface area contributed by atoms with Crippen molar-refractivity contribution in [3.8, 4) is 0 Å². The third kappa shape index (κ3) is 2.54. The van der Waals surface area contributed by atoms with Gasteiger partial charge in [-0.05, 0) is 43.7 Å². The van der Waals surface area contributed by atoms with Crippen molar-refractivity contribution in [2.24, 2.45) is 0 Å². The highest BCUT2D eigenvalue weighted by Crippen LogP contribution is 2.20. The van der Waals surface area contributed by atoms with Gasteiger partial charge in [0.2, 0.25) is 0 Å². The monoisotopic (exact) mass is 266 g/mol. The largest absolute Gasteiger partial charge is 0.458 e. The zero-order valence-corrected chi connectivity index (χ0v) is 10.7. The molecule has 0 saturated carbocycles. The van der Waals surface area contributed by atoms with Crippen LogP contribution in [0.2, 0.25) is 5.02 Å². The number of halogens is 2. The number of hydrogen-bond acceptors (Lipinski definition) is 2. The standard InChI is InChI=1S/C13H12ClFN2O/c1-7-5-12(18-8(7)2)13(16)17-9-3-4-11(15)10(14)6-9/h3-6H,1-2H3,(H2,16,17). The van der Waals surface area contributed by atoms with E-state index >= 15 is 0 Å². The Kier molecular flexibility index (Phi) is 3.39. The summed E-state index contributed by atoms with van der Waals surface area (Å²) in [5.41, 5.74) is 1.52. The third-order valence-electron chi connectivity index (χ3n) is 2.60. The lowest BCUT2D eigenvalue weighted by atomic mass is 10.2. The molecule has 1 heterocycles. The van der Waals surface area contributed by atoms with Crippen LogP contribution in [0.4, 0.5) is 10.1 Å². The average Bonchev–Trinajstić information content (AvgIpc) is 2.65. The molecule has 2 rings (SSSR count). The topological polar surface area (TPSA) is 49.0 Å². The predicted molar refractivity (Wildman–Crippen MR) is 70.0 cm³/mol. The summed E-state index contributed by atoms with van der Waals surface area (Å²) in [5, 5.41) is 10.7. The van der Waals surface area contributed by atoms with E-state index in [4.69, 9.17) is 21.4 Å². The average molecular weight is 267 g/mol. The minimum Gasteiger partial charge on any atom is -0.458 e. The maximum Gasteiger partial charge on any atom is 0.169 e. The van der Waals surface area contributed by atoms with Crippen LogP contribution in [-0.4, -0.2) is 5.84 Å². The van der Waals surface area contributed by atoms with Gasteiger partial charge in [0.1, 0.15) is 11.6 Å². The molecule has 0 saturated heterocycles. The molecular weight excluding hydrogens is 255 g/mol. The predicted octanol–water partition coefficient (Wildman–Crippen LogP) is 4.13. The highest BCUT2D eigenvalue weighted by Gasteiger charge is 2.10. The summed E-state index contributed by atoms with van der Waals surface area (Å²) >= 11 is 5.66. The van der Waals surface area contributed by atoms with Gasteiger partial charge in [0.15, 0.2) is 11.6 Å². The van der Waals surface area contributed by atoms with Crippen molar-refractivity contribution in [3.05, 3.63) is 52.2 Å². The fraction of sp³-hybridized carbons (Fsp3) is 0.154. The van der Waals surface area contributed by atoms with Crippen LogP contribution in [0, 0.1) is 25.1 Å². The van der Waals surface area contributed by atoms with Crippen molar-refractivity contribution in [1.29, 1.82) is 5.41 Å². The maximum atomic E-state index is 13.0. The molecule has 0 fully saturated rings. The molecule has 0 amide bonds. The van der Waals surface area contributed by atoms with E-state index in [-0.39, 0.29) is 10.9 Å². The number of benzene rings is 1. The summed E-state index contributed by atoms with van der Waals surface area (Å²) < 4.78 is 18.4. The van der Waals surface area contributed by atoms with Gasteiger partial charge in [-0.1, -0.05) is 11.6 Å². The number of anilines is 1. The van der Waals surface area contributed by atoms with E-state index in [1.807, 2.05) is 13.8 Å². The minimum absolute atomic E-state index is 0.0135. The van der Waals surface area contributed by atoms with Crippen LogP contribution >= 0.6 is 11.6 Å². The Bertz CT molecular complexity index is 588. The summed E-state index contributed by atoms with van der Waals surface area (Å²) in [4.78, 5) is 0. The lowest BCUT2D eigenvalue weighted by Gasteiger charge is -2.06. The van der Waals surface area contributed by atoms with E-state index in [9.17, 15) is 4.39 Å². The molecule has 0 aliphatic heterocycles. The highest BCUT2D eigenvalue weighted by atomic mass is 35.5. The first-order valence-corrected chi connectivity index (χ1v) is 5.73. The molecule has 0 aliphatic carbocycles. The Labute approximate surface area is 109 Å². The molecule has 2 aromatic rings. The molecular formula is C13H12ClFN2O. The van der Waals surface area contributed by atoms with Crippen molar-refractivity contribution in [2.75, 3.05) is 5.32 Å². The molecule has 1 aromatic carbocycles. The Balaban J connectivity index is 2.18. The molecule has 0 atom stereocenters. The quantitative estimate of drug-likeness (QED) is 0.634. The molecule has 0 radical (unpaired) electrons. The van der Waals surface area contributed by atoms with E-state index < -0.39 is 5.82 Å². The zero-order valence-electron chi connectivity index (χ0n) is 9.97. The van der Waals surface area contributed by atoms with Crippen LogP contribution in [0.15, 0.2) is 28.7 Å². The van der Waals surface area contributed by atoms with Crippen molar-refractivity contribution in [1.82, 2.24) is 0 Å². The lowest BCUT2D eigenvalue weighted by Crippen LogP contribution is -2.10. The van der Waals surface area contributed by atoms with E-state index in [1.54, 1.807) is 6.07 Å². The van der Waals surface area contributed by atoms with Crippen molar-refractivity contribution < 1.29 is 8.81 Å². The molecule has 0 spiro atoms. The van der Waals surface area contributed by atoms with Crippen LogP contribution in [0.3, 0.4) is 0 Å². The van der Waals surface area contributed by atoms with Gasteiger partial charge in [-0.2, -0.15) is 0 Å². The SMILES string of the molecule is Cc1cc(C(=N)Nc2ccc(F)c(Cl)c2)oc1C. The fourth-order valence-electron chi connectivity index (χ4n) is 1.48. The van der Waals surface area contributed by atoms with Gasteiger partial charge in [-0.25, -0.2) is 4.39 Å². The van der Waals surface area contributed by atoms with Gasteiger partial charge >= 0.3 is 0 Å². The number of rotatable bonds is 2. The van der Waals surface area contributed by atoms with Crippen LogP contribution < -0.4 is 5.32 Å². The third-order valence-corrected chi connectivity index (χ3v) is 2.89. The molecule has 18 heavy (non-hydrogen) atoms. The van der Waals surface area contributed by atoms with Crippen molar-refractivity contribution in [3.63, 3.8) is 0 Å². The van der Waals surface area contributed by atoms with Gasteiger partial charge < -0.3 is 9.73 Å². The zero-order chi connectivity index (χ0) is 13.3. The molecule has 0 unspecified atom stereocenters. The molecule has 1 aromatic heterocycles. The van der Waals surface area contributed by atoms with Gasteiger partial charge in [-0.15, -0.1) is 0 Å². The highest BCUT2D eigenvalue weighted by molar-refractivity contribution is 6.31. The van der Waals surface area contributed by atoms with Crippen molar-refractivity contribution in [2.45, 2.75) is 13.8 Å². The number of aryl methyl sites for hydroxylation is 2. The number of nitrogens with one attached hydrogen (secondary N) is 2. The van der Waals surface area contributed by atoms with E-state index in [0.29, 0.717) is 11.4 Å². The Morgan fingerprint density at radius 1 is 1.33 bits per heavy atom. The Morgan fingerprint density at radius 2 is 2.06 bits per heavy atom. The molecule has 5 heteroatoms. The second kappa shape index (κ2) is 4.82. The first-order chi connectivity index (χ1) is 8.47. The molecule has 2 N–H and O–H groups in total. The minimum atomic E-state index is -0.488. The molecule has 0 bridgehead atoms. The summed E-state index contributed by atoms with van der Waals surface area (Å²) in [7, 11) is 0. The van der Waals surface area contributed by atoms with Gasteiger partial charge in [-0.3, -0.25) is 5.41 Å². The smallest absolute Gasteiger partial charge is 0.169 e. The fourth-order valence-corrected chi connectivity index (χ4v) is 1.66. The maximum absolute atomic E-state index is 13.0. The second-order valence-electron chi connectivity index (χ2n) is 3.98. The summed E-state index contributed by atoms with van der Waals surface area (Å²) in [5.74, 6) is 0.825. The summed E-state index contributed by atoms with van der Waals surface area (Å²) in [6.07, 6.45) is 0. The Morgan fingerprint density at radius 3 is 2.61 bits per heavy atom. The molecule has 0 aliphatic rings. The lowest BCUT2D eigenvalue weighted by molar-refractivity contribution is 0.523. The van der Waals surface area contributed by atoms with Crippen LogP contribution in [0.25, 0.3) is 0 Å². The van der Waals surface area contributed by atoms with Gasteiger partial charge in [0.25, 0.3) is 0 Å². The second-order valence-corrected chi connectivity index (χ2v) is 4.39. The number of hydrogen-bond donors (Lipinski definition) is 2. The van der Waals surface area contributed by atoms with Crippen LogP contribution in [0.5, 0.6) is 0 Å². The summed E-state index contributed by atoms with van der Waals surface area (Å²) in [6, 6.07) is 5.96. The van der Waals surface area contributed by atoms with Gasteiger partial charge in [0, 0.05) is 5.69 Å². The summed E-state index contributed by atoms with van der Waals surface area (Å²) in [6.45, 7) is 3.74. The Hall–Kier alpha value is -1.81. The van der Waals surface area contributed by atoms with Gasteiger partial charge in [0.05, 0.1) is 5.02 Å². The number of furan rings is 1. The van der Waals surface area contributed by atoms with E-state index in [2.05, 4.69) is 5.32 Å². The first kappa shape index (κ1) is 12.6.